The van der Waals surface area contributed by atoms with Crippen LogP contribution in [0, 0.1) is 13.8 Å². The van der Waals surface area contributed by atoms with Crippen LogP contribution in [0.1, 0.15) is 11.1 Å². The Morgan fingerprint density at radius 3 is 2.62 bits per heavy atom. The Labute approximate surface area is 157 Å². The molecule has 0 saturated heterocycles. The zero-order valence-corrected chi connectivity index (χ0v) is 16.2. The first kappa shape index (κ1) is 18.5. The summed E-state index contributed by atoms with van der Waals surface area (Å²) >= 11 is 5.93. The molecule has 2 aromatic rings. The molecule has 1 aliphatic heterocycles. The number of hydrogen-bond donors (Lipinski definition) is 1. The van der Waals surface area contributed by atoms with Crippen molar-refractivity contribution in [1.29, 1.82) is 0 Å². The van der Waals surface area contributed by atoms with Crippen LogP contribution in [0.15, 0.2) is 36.4 Å². The zero-order chi connectivity index (χ0) is 19.1. The molecule has 1 N–H and O–H groups in total. The Morgan fingerprint density at radius 2 is 1.96 bits per heavy atom. The van der Waals surface area contributed by atoms with Crippen molar-refractivity contribution in [3.8, 4) is 5.75 Å². The molecule has 0 bridgehead atoms. The Hall–Kier alpha value is -2.25. The van der Waals surface area contributed by atoms with Crippen LogP contribution in [-0.2, 0) is 14.8 Å². The predicted octanol–water partition coefficient (Wildman–Crippen LogP) is 3.12. The Bertz CT molecular complexity index is 975. The second-order valence-electron chi connectivity index (χ2n) is 6.32. The van der Waals surface area contributed by atoms with Gasteiger partial charge < -0.3 is 10.1 Å². The van der Waals surface area contributed by atoms with E-state index in [9.17, 15) is 13.2 Å². The molecule has 1 aliphatic rings. The molecule has 8 heteroatoms. The largest absolute Gasteiger partial charge is 0.476 e. The summed E-state index contributed by atoms with van der Waals surface area (Å²) in [5, 5.41) is 3.35. The fourth-order valence-corrected chi connectivity index (χ4v) is 3.93. The quantitative estimate of drug-likeness (QED) is 0.867. The lowest BCUT2D eigenvalue weighted by Crippen LogP contribution is -2.48. The van der Waals surface area contributed by atoms with Crippen molar-refractivity contribution < 1.29 is 17.9 Å². The lowest BCUT2D eigenvalue weighted by Gasteiger charge is -2.34. The molecule has 0 fully saturated rings. The normalized spacial score (nSPS) is 16.6. The van der Waals surface area contributed by atoms with Gasteiger partial charge in [-0.25, -0.2) is 8.42 Å². The molecule has 1 atom stereocenters. The van der Waals surface area contributed by atoms with Gasteiger partial charge in [0.05, 0.1) is 18.5 Å². The summed E-state index contributed by atoms with van der Waals surface area (Å²) in [5.41, 5.74) is 2.75. The third-order valence-corrected chi connectivity index (χ3v) is 5.50. The first-order chi connectivity index (χ1) is 12.1. The number of halogens is 1. The summed E-state index contributed by atoms with van der Waals surface area (Å²) in [6.07, 6.45) is 0.151. The van der Waals surface area contributed by atoms with E-state index < -0.39 is 22.0 Å². The molecule has 0 spiro atoms. The van der Waals surface area contributed by atoms with E-state index in [1.807, 2.05) is 19.9 Å². The van der Waals surface area contributed by atoms with Gasteiger partial charge in [0.25, 0.3) is 5.91 Å². The highest BCUT2D eigenvalue weighted by Crippen LogP contribution is 2.36. The van der Waals surface area contributed by atoms with Gasteiger partial charge in [-0.05, 0) is 55.3 Å². The van der Waals surface area contributed by atoms with Crippen LogP contribution in [0.2, 0.25) is 5.02 Å². The Kier molecular flexibility index (Phi) is 4.86. The van der Waals surface area contributed by atoms with Gasteiger partial charge in [-0.1, -0.05) is 17.7 Å². The average Bonchev–Trinajstić information content (AvgIpc) is 2.55. The van der Waals surface area contributed by atoms with Gasteiger partial charge in [-0.15, -0.1) is 0 Å². The number of nitrogens with one attached hydrogen (secondary N) is 1. The minimum atomic E-state index is -3.55. The van der Waals surface area contributed by atoms with E-state index in [1.54, 1.807) is 30.3 Å². The van der Waals surface area contributed by atoms with E-state index in [1.165, 1.54) is 4.31 Å². The highest BCUT2D eigenvalue weighted by atomic mass is 35.5. The first-order valence-electron chi connectivity index (χ1n) is 7.97. The number of nitrogens with zero attached hydrogens (tertiary/aromatic N) is 1. The molecule has 0 aliphatic carbocycles. The smallest absolute Gasteiger partial charge is 0.267 e. The number of hydrogen-bond acceptors (Lipinski definition) is 4. The van der Waals surface area contributed by atoms with E-state index in [0.717, 1.165) is 17.4 Å². The van der Waals surface area contributed by atoms with Crippen molar-refractivity contribution in [3.05, 3.63) is 52.5 Å². The molecule has 6 nitrogen and oxygen atoms in total. The van der Waals surface area contributed by atoms with Crippen LogP contribution in [0.3, 0.4) is 0 Å². The van der Waals surface area contributed by atoms with Crippen LogP contribution in [-0.4, -0.2) is 33.2 Å². The Morgan fingerprint density at radius 1 is 1.23 bits per heavy atom. The summed E-state index contributed by atoms with van der Waals surface area (Å²) in [5.74, 6) is -0.0597. The van der Waals surface area contributed by atoms with E-state index in [0.29, 0.717) is 22.1 Å². The topological polar surface area (TPSA) is 75.7 Å². The van der Waals surface area contributed by atoms with Crippen molar-refractivity contribution in [2.75, 3.05) is 22.4 Å². The maximum atomic E-state index is 12.7. The molecule has 0 aromatic heterocycles. The number of fused-ring (bicyclic) bond motifs is 1. The second-order valence-corrected chi connectivity index (χ2v) is 8.66. The molecule has 3 rings (SSSR count). The van der Waals surface area contributed by atoms with Crippen molar-refractivity contribution in [3.63, 3.8) is 0 Å². The van der Waals surface area contributed by atoms with Gasteiger partial charge in [0.15, 0.2) is 6.10 Å². The third kappa shape index (κ3) is 3.78. The zero-order valence-electron chi connectivity index (χ0n) is 14.6. The van der Waals surface area contributed by atoms with Crippen LogP contribution in [0.4, 0.5) is 11.4 Å². The maximum Gasteiger partial charge on any atom is 0.267 e. The molecular weight excluding hydrogens is 376 g/mol. The minimum Gasteiger partial charge on any atom is -0.476 e. The number of aryl methyl sites for hydroxylation is 2. The lowest BCUT2D eigenvalue weighted by atomic mass is 10.1. The van der Waals surface area contributed by atoms with Crippen molar-refractivity contribution >= 4 is 38.9 Å². The van der Waals surface area contributed by atoms with E-state index in [2.05, 4.69) is 5.32 Å². The summed E-state index contributed by atoms with van der Waals surface area (Å²) in [4.78, 5) is 12.7. The fourth-order valence-electron chi connectivity index (χ4n) is 2.79. The lowest BCUT2D eigenvalue weighted by molar-refractivity contribution is -0.122. The standard InChI is InChI=1S/C18H19ClN2O4S/c1-11-4-7-16-15(8-11)21(26(3,23)24)10-17(25-16)18(22)20-14-6-5-13(19)9-12(14)2/h4-9,17H,10H2,1-3H3,(H,20,22). The third-order valence-electron chi connectivity index (χ3n) is 4.12. The molecule has 138 valence electrons. The van der Waals surface area contributed by atoms with Crippen LogP contribution in [0.25, 0.3) is 0 Å². The summed E-state index contributed by atoms with van der Waals surface area (Å²) < 4.78 is 31.4. The van der Waals surface area contributed by atoms with Gasteiger partial charge >= 0.3 is 0 Å². The molecule has 1 unspecified atom stereocenters. The molecule has 0 radical (unpaired) electrons. The minimum absolute atomic E-state index is 0.0895. The van der Waals surface area contributed by atoms with E-state index in [-0.39, 0.29) is 6.54 Å². The number of amides is 1. The molecule has 1 heterocycles. The second kappa shape index (κ2) is 6.81. The summed E-state index contributed by atoms with van der Waals surface area (Å²) in [7, 11) is -3.55. The van der Waals surface area contributed by atoms with Crippen LogP contribution >= 0.6 is 11.6 Å². The highest BCUT2D eigenvalue weighted by Gasteiger charge is 2.35. The monoisotopic (exact) mass is 394 g/mol. The van der Waals surface area contributed by atoms with Crippen molar-refractivity contribution in [2.24, 2.45) is 0 Å². The van der Waals surface area contributed by atoms with E-state index in [4.69, 9.17) is 16.3 Å². The number of sulfonamides is 1. The van der Waals surface area contributed by atoms with Crippen LogP contribution in [0.5, 0.6) is 5.75 Å². The average molecular weight is 395 g/mol. The summed E-state index contributed by atoms with van der Waals surface area (Å²) in [6, 6.07) is 10.3. The molecule has 26 heavy (non-hydrogen) atoms. The maximum absolute atomic E-state index is 12.7. The summed E-state index contributed by atoms with van der Waals surface area (Å²) in [6.45, 7) is 3.60. The predicted molar refractivity (Wildman–Crippen MR) is 103 cm³/mol. The van der Waals surface area contributed by atoms with E-state index >= 15 is 0 Å². The van der Waals surface area contributed by atoms with Gasteiger partial charge in [0.1, 0.15) is 5.75 Å². The van der Waals surface area contributed by atoms with Crippen molar-refractivity contribution in [2.45, 2.75) is 20.0 Å². The fraction of sp³-hybridized carbons (Fsp3) is 0.278. The SMILES string of the molecule is Cc1ccc2c(c1)N(S(C)(=O)=O)CC(C(=O)Nc1ccc(Cl)cc1C)O2. The van der Waals surface area contributed by atoms with Gasteiger partial charge in [0.2, 0.25) is 10.0 Å². The number of anilines is 2. The van der Waals surface area contributed by atoms with Gasteiger partial charge in [0, 0.05) is 10.7 Å². The number of carbonyl (C=O) groups is 1. The highest BCUT2D eigenvalue weighted by molar-refractivity contribution is 7.92. The molecule has 1 amide bonds. The Balaban J connectivity index is 1.89. The van der Waals surface area contributed by atoms with Crippen LogP contribution < -0.4 is 14.4 Å². The molecule has 2 aromatic carbocycles. The molecular formula is C18H19ClN2O4S. The van der Waals surface area contributed by atoms with Gasteiger partial charge in [-0.3, -0.25) is 9.10 Å². The first-order valence-corrected chi connectivity index (χ1v) is 10.2. The number of benzene rings is 2. The number of ether oxygens (including phenoxy) is 1. The number of carbonyl (C=O) groups excluding carboxylic acids is 1. The number of rotatable bonds is 3. The molecule has 0 saturated carbocycles. The van der Waals surface area contributed by atoms with Gasteiger partial charge in [-0.2, -0.15) is 0 Å². The van der Waals surface area contributed by atoms with Crippen molar-refractivity contribution in [1.82, 2.24) is 0 Å².